The van der Waals surface area contributed by atoms with Gasteiger partial charge in [-0.25, -0.2) is 4.39 Å². The largest absolute Gasteiger partial charge is 0.486 e. The van der Waals surface area contributed by atoms with E-state index >= 15 is 0 Å². The lowest BCUT2D eigenvalue weighted by Crippen LogP contribution is -2.17. The van der Waals surface area contributed by atoms with E-state index in [1.165, 1.54) is 0 Å². The number of benzene rings is 1. The van der Waals surface area contributed by atoms with Crippen molar-refractivity contribution < 1.29 is 19.0 Å². The van der Waals surface area contributed by atoms with Crippen LogP contribution in [0, 0.1) is 0 Å². The van der Waals surface area contributed by atoms with Crippen molar-refractivity contribution in [3.63, 3.8) is 0 Å². The van der Waals surface area contributed by atoms with Crippen LogP contribution >= 0.6 is 0 Å². The molecule has 0 amide bonds. The zero-order valence-corrected chi connectivity index (χ0v) is 8.33. The Morgan fingerprint density at radius 1 is 1.27 bits per heavy atom. The second-order valence-corrected chi connectivity index (χ2v) is 3.39. The fourth-order valence-corrected chi connectivity index (χ4v) is 1.67. The maximum absolute atomic E-state index is 12.6. The predicted molar refractivity (Wildman–Crippen MR) is 53.0 cm³/mol. The number of hydrogen-bond donors (Lipinski definition) is 1. The average molecular weight is 212 g/mol. The van der Waals surface area contributed by atoms with E-state index in [0.717, 1.165) is 5.56 Å². The first-order valence-electron chi connectivity index (χ1n) is 4.93. The minimum atomic E-state index is -0.533. The summed E-state index contributed by atoms with van der Waals surface area (Å²) in [5.41, 5.74) is 1.37. The third-order valence-electron chi connectivity index (χ3n) is 2.31. The Kier molecular flexibility index (Phi) is 3.06. The van der Waals surface area contributed by atoms with Gasteiger partial charge in [0.1, 0.15) is 19.9 Å². The molecule has 1 aliphatic heterocycles. The van der Waals surface area contributed by atoms with E-state index in [1.54, 1.807) is 12.1 Å². The Labute approximate surface area is 87.4 Å². The molecule has 0 fully saturated rings. The summed E-state index contributed by atoms with van der Waals surface area (Å²) in [5.74, 6) is 1.23. The normalized spacial score (nSPS) is 14.0. The smallest absolute Gasteiger partial charge is 0.164 e. The molecule has 2 rings (SSSR count). The fourth-order valence-electron chi connectivity index (χ4n) is 1.67. The molecule has 82 valence electrons. The Bertz CT molecular complexity index is 352. The minimum absolute atomic E-state index is 0.0194. The van der Waals surface area contributed by atoms with Gasteiger partial charge in [0, 0.05) is 12.2 Å². The molecule has 1 aromatic rings. The zero-order chi connectivity index (χ0) is 10.7. The van der Waals surface area contributed by atoms with Gasteiger partial charge in [-0.1, -0.05) is 0 Å². The lowest BCUT2D eigenvalue weighted by Gasteiger charge is -2.21. The Morgan fingerprint density at radius 3 is 2.80 bits per heavy atom. The van der Waals surface area contributed by atoms with Crippen molar-refractivity contribution in [2.24, 2.45) is 0 Å². The molecule has 15 heavy (non-hydrogen) atoms. The topological polar surface area (TPSA) is 38.7 Å². The summed E-state index contributed by atoms with van der Waals surface area (Å²) in [4.78, 5) is 0. The standard InChI is InChI=1S/C11H13FO3/c12-7-8-5-9(1-2-13)11-10(6-8)14-3-4-15-11/h5-6,13H,1-4,7H2. The predicted octanol–water partition coefficient (Wildman–Crippen LogP) is 1.46. The maximum Gasteiger partial charge on any atom is 0.164 e. The molecule has 1 aliphatic rings. The van der Waals surface area contributed by atoms with Crippen molar-refractivity contribution in [1.82, 2.24) is 0 Å². The van der Waals surface area contributed by atoms with Crippen LogP contribution < -0.4 is 9.47 Å². The van der Waals surface area contributed by atoms with Crippen molar-refractivity contribution in [2.45, 2.75) is 13.1 Å². The van der Waals surface area contributed by atoms with Gasteiger partial charge in [0.05, 0.1) is 0 Å². The van der Waals surface area contributed by atoms with Crippen LogP contribution in [0.5, 0.6) is 11.5 Å². The van der Waals surface area contributed by atoms with E-state index in [0.29, 0.717) is 36.7 Å². The molecule has 0 spiro atoms. The maximum atomic E-state index is 12.6. The summed E-state index contributed by atoms with van der Waals surface area (Å²) in [5, 5.41) is 8.89. The molecule has 0 atom stereocenters. The molecule has 1 heterocycles. The molecule has 1 aromatic carbocycles. The van der Waals surface area contributed by atoms with E-state index in [-0.39, 0.29) is 6.61 Å². The van der Waals surface area contributed by atoms with Crippen LogP contribution in [-0.4, -0.2) is 24.9 Å². The van der Waals surface area contributed by atoms with Crippen LogP contribution in [0.2, 0.25) is 0 Å². The summed E-state index contributed by atoms with van der Waals surface area (Å²) in [7, 11) is 0. The highest BCUT2D eigenvalue weighted by Crippen LogP contribution is 2.35. The molecular weight excluding hydrogens is 199 g/mol. The van der Waals surface area contributed by atoms with Crippen molar-refractivity contribution in [1.29, 1.82) is 0 Å². The number of aliphatic hydroxyl groups is 1. The number of aliphatic hydroxyl groups excluding tert-OH is 1. The molecule has 0 bridgehead atoms. The Hall–Kier alpha value is -1.29. The summed E-state index contributed by atoms with van der Waals surface area (Å²) < 4.78 is 23.4. The number of rotatable bonds is 3. The first-order chi connectivity index (χ1) is 7.35. The lowest BCUT2D eigenvalue weighted by molar-refractivity contribution is 0.168. The molecule has 0 unspecified atom stereocenters. The third-order valence-corrected chi connectivity index (χ3v) is 2.31. The van der Waals surface area contributed by atoms with Crippen LogP contribution in [-0.2, 0) is 13.1 Å². The SMILES string of the molecule is OCCc1cc(CF)cc2c1OCCO2. The van der Waals surface area contributed by atoms with Crippen molar-refractivity contribution >= 4 is 0 Å². The molecular formula is C11H13FO3. The second kappa shape index (κ2) is 4.49. The molecule has 0 radical (unpaired) electrons. The fraction of sp³-hybridized carbons (Fsp3) is 0.455. The zero-order valence-electron chi connectivity index (χ0n) is 8.33. The Balaban J connectivity index is 2.41. The second-order valence-electron chi connectivity index (χ2n) is 3.39. The minimum Gasteiger partial charge on any atom is -0.486 e. The number of ether oxygens (including phenoxy) is 2. The van der Waals surface area contributed by atoms with Crippen LogP contribution in [0.4, 0.5) is 4.39 Å². The molecule has 0 aromatic heterocycles. The van der Waals surface area contributed by atoms with E-state index in [1.807, 2.05) is 0 Å². The van der Waals surface area contributed by atoms with Crippen LogP contribution in [0.3, 0.4) is 0 Å². The summed E-state index contributed by atoms with van der Waals surface area (Å²) in [6, 6.07) is 3.36. The van der Waals surface area contributed by atoms with Crippen molar-refractivity contribution in [3.05, 3.63) is 23.3 Å². The van der Waals surface area contributed by atoms with Crippen molar-refractivity contribution in [2.75, 3.05) is 19.8 Å². The Morgan fingerprint density at radius 2 is 2.07 bits per heavy atom. The number of alkyl halides is 1. The molecule has 4 heteroatoms. The van der Waals surface area contributed by atoms with Crippen molar-refractivity contribution in [3.8, 4) is 11.5 Å². The van der Waals surface area contributed by atoms with Crippen LogP contribution in [0.15, 0.2) is 12.1 Å². The van der Waals surface area contributed by atoms with Gasteiger partial charge in [-0.3, -0.25) is 0 Å². The van der Waals surface area contributed by atoms with Crippen LogP contribution in [0.25, 0.3) is 0 Å². The van der Waals surface area contributed by atoms with Gasteiger partial charge >= 0.3 is 0 Å². The highest BCUT2D eigenvalue weighted by Gasteiger charge is 2.17. The summed E-state index contributed by atoms with van der Waals surface area (Å²) >= 11 is 0. The van der Waals surface area contributed by atoms with Gasteiger partial charge < -0.3 is 14.6 Å². The summed E-state index contributed by atoms with van der Waals surface area (Å²) in [6.45, 7) is 0.475. The first-order valence-corrected chi connectivity index (χ1v) is 4.93. The van der Waals surface area contributed by atoms with Gasteiger partial charge in [-0.2, -0.15) is 0 Å². The number of hydrogen-bond acceptors (Lipinski definition) is 3. The van der Waals surface area contributed by atoms with Gasteiger partial charge in [0.15, 0.2) is 11.5 Å². The highest BCUT2D eigenvalue weighted by molar-refractivity contribution is 5.50. The van der Waals surface area contributed by atoms with E-state index in [9.17, 15) is 4.39 Å². The molecule has 0 saturated heterocycles. The molecule has 1 N–H and O–H groups in total. The van der Waals surface area contributed by atoms with E-state index < -0.39 is 6.67 Å². The third kappa shape index (κ3) is 2.04. The molecule has 3 nitrogen and oxygen atoms in total. The number of halogens is 1. The summed E-state index contributed by atoms with van der Waals surface area (Å²) in [6.07, 6.45) is 0.458. The van der Waals surface area contributed by atoms with E-state index in [2.05, 4.69) is 0 Å². The monoisotopic (exact) mass is 212 g/mol. The molecule has 0 aliphatic carbocycles. The van der Waals surface area contributed by atoms with Gasteiger partial charge in [-0.15, -0.1) is 0 Å². The quantitative estimate of drug-likeness (QED) is 0.824. The molecule has 0 saturated carbocycles. The van der Waals surface area contributed by atoms with Crippen LogP contribution in [0.1, 0.15) is 11.1 Å². The van der Waals surface area contributed by atoms with Gasteiger partial charge in [0.2, 0.25) is 0 Å². The van der Waals surface area contributed by atoms with E-state index in [4.69, 9.17) is 14.6 Å². The first kappa shape index (κ1) is 10.2. The average Bonchev–Trinajstić information content (AvgIpc) is 2.29. The van der Waals surface area contributed by atoms with Gasteiger partial charge in [0.25, 0.3) is 0 Å². The highest BCUT2D eigenvalue weighted by atomic mass is 19.1. The number of fused-ring (bicyclic) bond motifs is 1. The van der Waals surface area contributed by atoms with Gasteiger partial charge in [-0.05, 0) is 24.1 Å². The lowest BCUT2D eigenvalue weighted by atomic mass is 10.1.